The summed E-state index contributed by atoms with van der Waals surface area (Å²) in [4.78, 5) is 11.9. The largest absolute Gasteiger partial charge is 0.486 e. The molecule has 2 aromatic rings. The summed E-state index contributed by atoms with van der Waals surface area (Å²) >= 11 is 0. The van der Waals surface area contributed by atoms with E-state index in [1.54, 1.807) is 18.4 Å². The summed E-state index contributed by atoms with van der Waals surface area (Å²) in [5.41, 5.74) is 2.01. The molecule has 1 amide bonds. The third-order valence-electron chi connectivity index (χ3n) is 5.27. The average molecular weight is 454 g/mol. The van der Waals surface area contributed by atoms with Crippen molar-refractivity contribution in [3.05, 3.63) is 54.6 Å². The van der Waals surface area contributed by atoms with Gasteiger partial charge in [-0.15, -0.1) is 0 Å². The monoisotopic (exact) mass is 453 g/mol. The molecule has 1 unspecified atom stereocenters. The predicted molar refractivity (Wildman–Crippen MR) is 129 cm³/mol. The number of aliphatic hydroxyl groups excluding tert-OH is 1. The zero-order valence-corrected chi connectivity index (χ0v) is 19.4. The van der Waals surface area contributed by atoms with E-state index >= 15 is 0 Å². The van der Waals surface area contributed by atoms with Crippen LogP contribution in [0.1, 0.15) is 51.5 Å². The number of hydrogen-bond donors (Lipinski definition) is 2. The molecule has 1 aliphatic heterocycles. The van der Waals surface area contributed by atoms with Gasteiger partial charge in [-0.1, -0.05) is 26.3 Å². The third-order valence-corrected chi connectivity index (χ3v) is 5.27. The van der Waals surface area contributed by atoms with Crippen LogP contribution >= 0.6 is 0 Å². The molecule has 0 radical (unpaired) electrons. The number of carbonyl (C=O) groups excluding carboxylic acids is 1. The average Bonchev–Trinajstić information content (AvgIpc) is 3.26. The summed E-state index contributed by atoms with van der Waals surface area (Å²) < 4.78 is 19.2. The van der Waals surface area contributed by atoms with Crippen LogP contribution in [0.3, 0.4) is 0 Å². The molecule has 1 aliphatic rings. The van der Waals surface area contributed by atoms with Crippen LogP contribution in [-0.2, 0) is 4.79 Å². The molecule has 176 valence electrons. The van der Waals surface area contributed by atoms with Crippen LogP contribution in [0.5, 0.6) is 11.5 Å². The van der Waals surface area contributed by atoms with Gasteiger partial charge in [0.1, 0.15) is 6.21 Å². The topological polar surface area (TPSA) is 83.9 Å². The number of unbranched alkanes of at least 4 members (excludes halogenated alkanes) is 2. The maximum atomic E-state index is 11.9. The Labute approximate surface area is 194 Å². The second-order valence-corrected chi connectivity index (χ2v) is 7.87. The maximum absolute atomic E-state index is 11.9. The highest BCUT2D eigenvalue weighted by molar-refractivity contribution is 5.90. The van der Waals surface area contributed by atoms with E-state index in [1.165, 1.54) is 0 Å². The van der Waals surface area contributed by atoms with Gasteiger partial charge in [0.05, 0.1) is 12.9 Å². The third kappa shape index (κ3) is 6.83. The molecule has 1 aromatic carbocycles. The molecule has 7 nitrogen and oxygen atoms in total. The minimum Gasteiger partial charge on any atom is -0.486 e. The second-order valence-electron chi connectivity index (χ2n) is 7.87. The molecule has 7 heteroatoms. The van der Waals surface area contributed by atoms with E-state index in [1.807, 2.05) is 42.1 Å². The maximum Gasteiger partial charge on any atom is 0.224 e. The predicted octanol–water partition coefficient (Wildman–Crippen LogP) is 4.75. The lowest BCUT2D eigenvalue weighted by molar-refractivity contribution is -0.453. The number of fused-ring (bicyclic) bond motifs is 2. The van der Waals surface area contributed by atoms with Crippen LogP contribution in [0.4, 0.5) is 0 Å². The van der Waals surface area contributed by atoms with Crippen LogP contribution in [0.2, 0.25) is 0 Å². The van der Waals surface area contributed by atoms with E-state index in [4.69, 9.17) is 13.9 Å². The number of nitrogens with zero attached hydrogens (tertiary/aromatic N) is 1. The van der Waals surface area contributed by atoms with Crippen LogP contribution < -0.4 is 14.8 Å². The number of ether oxygens (including phenoxy) is 2. The zero-order valence-electron chi connectivity index (χ0n) is 19.4. The van der Waals surface area contributed by atoms with Crippen molar-refractivity contribution in [3.8, 4) is 11.5 Å². The van der Waals surface area contributed by atoms with Gasteiger partial charge >= 0.3 is 0 Å². The van der Waals surface area contributed by atoms with E-state index in [2.05, 4.69) is 18.8 Å². The number of carbonyl (C=O) groups is 1. The van der Waals surface area contributed by atoms with Crippen LogP contribution in [0, 0.1) is 0 Å². The molecule has 3 rings (SSSR count). The summed E-state index contributed by atoms with van der Waals surface area (Å²) in [5.74, 6) is 0.978. The molecular formula is C26H33N2O5+. The summed E-state index contributed by atoms with van der Waals surface area (Å²) in [7, 11) is 0. The summed E-state index contributed by atoms with van der Waals surface area (Å²) in [6.45, 7) is 9.10. The Balaban J connectivity index is 1.52. The normalized spacial score (nSPS) is 15.5. The van der Waals surface area contributed by atoms with Crippen molar-refractivity contribution < 1.29 is 28.4 Å². The van der Waals surface area contributed by atoms with E-state index in [0.29, 0.717) is 42.4 Å². The Morgan fingerprint density at radius 1 is 1.36 bits per heavy atom. The Hall–Kier alpha value is -3.32. The van der Waals surface area contributed by atoms with Crippen molar-refractivity contribution in [1.29, 1.82) is 0 Å². The van der Waals surface area contributed by atoms with Gasteiger partial charge in [-0.3, -0.25) is 4.79 Å². The molecule has 0 saturated heterocycles. The first-order valence-corrected chi connectivity index (χ1v) is 11.4. The van der Waals surface area contributed by atoms with Gasteiger partial charge in [-0.25, -0.2) is 4.58 Å². The number of aliphatic hydroxyl groups is 1. The van der Waals surface area contributed by atoms with Gasteiger partial charge in [-0.2, -0.15) is 0 Å². The van der Waals surface area contributed by atoms with Gasteiger partial charge in [0.25, 0.3) is 0 Å². The standard InChI is InChI=1S/C26H32N2O5/c1-4-6-7-9-22(29)27-19(3)12-15-28(5-2)14-8-16-31-26-24-21(13-17-32-24)18-20-10-11-23(30)33-25(20)26/h5,10-13,15,17-18,23,30H,3-4,6-9,14,16H2,1-2H3/p+1. The van der Waals surface area contributed by atoms with Gasteiger partial charge < -0.3 is 24.3 Å². The fourth-order valence-corrected chi connectivity index (χ4v) is 3.52. The molecule has 0 spiro atoms. The molecule has 0 fully saturated rings. The number of rotatable bonds is 12. The fraction of sp³-hybridized carbons (Fsp3) is 0.385. The molecule has 1 aromatic heterocycles. The number of hydrogen-bond acceptors (Lipinski definition) is 5. The first-order chi connectivity index (χ1) is 16.0. The lowest BCUT2D eigenvalue weighted by atomic mass is 10.1. The summed E-state index contributed by atoms with van der Waals surface area (Å²) in [5, 5.41) is 13.6. The Kier molecular flexibility index (Phi) is 8.89. The van der Waals surface area contributed by atoms with Crippen LogP contribution in [0.25, 0.3) is 17.0 Å². The highest BCUT2D eigenvalue weighted by Gasteiger charge is 2.22. The highest BCUT2D eigenvalue weighted by Crippen LogP contribution is 2.42. The van der Waals surface area contributed by atoms with Crippen molar-refractivity contribution >= 4 is 29.2 Å². The molecule has 2 heterocycles. The molecule has 0 saturated carbocycles. The summed E-state index contributed by atoms with van der Waals surface area (Å²) in [6.07, 6.45) is 13.9. The fourth-order valence-electron chi connectivity index (χ4n) is 3.52. The minimum absolute atomic E-state index is 0.00357. The number of furan rings is 1. The van der Waals surface area contributed by atoms with Gasteiger partial charge in [0, 0.05) is 42.5 Å². The number of allylic oxidation sites excluding steroid dienone is 1. The van der Waals surface area contributed by atoms with Gasteiger partial charge in [-0.05, 0) is 30.7 Å². The second kappa shape index (κ2) is 12.1. The van der Waals surface area contributed by atoms with E-state index in [0.717, 1.165) is 36.6 Å². The number of benzene rings is 1. The van der Waals surface area contributed by atoms with Crippen LogP contribution in [-0.4, -0.2) is 41.2 Å². The molecule has 0 bridgehead atoms. The SMILES string of the molecule is C=C(C=C[N+](=CC)CCCOc1c2c(cc3ccoc13)C=CC(O)O2)NC(=O)CCCCC. The molecule has 33 heavy (non-hydrogen) atoms. The Morgan fingerprint density at radius 3 is 3.00 bits per heavy atom. The molecular weight excluding hydrogens is 420 g/mol. The highest BCUT2D eigenvalue weighted by atomic mass is 16.6. The van der Waals surface area contributed by atoms with E-state index < -0.39 is 6.29 Å². The molecule has 1 atom stereocenters. The first-order valence-electron chi connectivity index (χ1n) is 11.4. The quantitative estimate of drug-likeness (QED) is 0.210. The minimum atomic E-state index is -1.01. The van der Waals surface area contributed by atoms with E-state index in [-0.39, 0.29) is 5.91 Å². The Bertz CT molecular complexity index is 1060. The Morgan fingerprint density at radius 2 is 2.21 bits per heavy atom. The zero-order chi connectivity index (χ0) is 23.6. The summed E-state index contributed by atoms with van der Waals surface area (Å²) in [6, 6.07) is 3.81. The van der Waals surface area contributed by atoms with Crippen molar-refractivity contribution in [2.75, 3.05) is 13.2 Å². The molecule has 2 N–H and O–H groups in total. The van der Waals surface area contributed by atoms with E-state index in [9.17, 15) is 9.90 Å². The van der Waals surface area contributed by atoms with Crippen molar-refractivity contribution in [1.82, 2.24) is 5.32 Å². The van der Waals surface area contributed by atoms with Crippen LogP contribution in [0.15, 0.2) is 53.4 Å². The lowest BCUT2D eigenvalue weighted by Crippen LogP contribution is -2.21. The molecule has 0 aliphatic carbocycles. The lowest BCUT2D eigenvalue weighted by Gasteiger charge is -2.20. The van der Waals surface area contributed by atoms with Gasteiger partial charge in [0.15, 0.2) is 24.1 Å². The van der Waals surface area contributed by atoms with Gasteiger partial charge in [0.2, 0.25) is 17.9 Å². The van der Waals surface area contributed by atoms with Crippen molar-refractivity contribution in [2.24, 2.45) is 0 Å². The van der Waals surface area contributed by atoms with Crippen molar-refractivity contribution in [2.45, 2.75) is 52.2 Å². The number of nitrogens with one attached hydrogen (secondary N) is 1. The first kappa shape index (κ1) is 24.3. The van der Waals surface area contributed by atoms with Crippen molar-refractivity contribution in [3.63, 3.8) is 0 Å². The number of amides is 1. The smallest absolute Gasteiger partial charge is 0.224 e.